The van der Waals surface area contributed by atoms with Gasteiger partial charge < -0.3 is 19.9 Å². The topological polar surface area (TPSA) is 167 Å². The second kappa shape index (κ2) is 6.40. The summed E-state index contributed by atoms with van der Waals surface area (Å²) >= 11 is 0. The van der Waals surface area contributed by atoms with E-state index in [4.69, 9.17) is 15.2 Å². The van der Waals surface area contributed by atoms with E-state index < -0.39 is 23.0 Å². The van der Waals surface area contributed by atoms with E-state index in [1.807, 2.05) is 6.79 Å². The molecule has 0 saturated carbocycles. The van der Waals surface area contributed by atoms with Crippen LogP contribution in [-0.2, 0) is 16.3 Å². The van der Waals surface area contributed by atoms with Crippen molar-refractivity contribution in [3.8, 4) is 11.3 Å². The molecule has 2 heterocycles. The highest BCUT2D eigenvalue weighted by atomic mass is 17.1. The molecule has 2 aromatic heterocycles. The van der Waals surface area contributed by atoms with E-state index in [1.54, 1.807) is 0 Å². The summed E-state index contributed by atoms with van der Waals surface area (Å²) < 4.78 is 0. The van der Waals surface area contributed by atoms with Gasteiger partial charge in [-0.3, -0.25) is 19.6 Å². The Morgan fingerprint density at radius 1 is 1.08 bits per heavy atom. The van der Waals surface area contributed by atoms with Gasteiger partial charge in [-0.1, -0.05) is 0 Å². The number of aromatic carboxylic acids is 1. The molecular weight excluding hydrogens is 324 g/mol. The van der Waals surface area contributed by atoms with Crippen molar-refractivity contribution in [2.75, 3.05) is 0 Å². The Labute approximate surface area is 132 Å². The lowest BCUT2D eigenvalue weighted by atomic mass is 9.91. The molecule has 0 unspecified atom stereocenters. The predicted molar refractivity (Wildman–Crippen MR) is 77.0 cm³/mol. The van der Waals surface area contributed by atoms with Crippen LogP contribution in [0.4, 0.5) is 0 Å². The lowest BCUT2D eigenvalue weighted by molar-refractivity contribution is -0.253. The summed E-state index contributed by atoms with van der Waals surface area (Å²) in [6.45, 7) is 1.63. The Morgan fingerprint density at radius 3 is 2.33 bits per heavy atom. The first-order chi connectivity index (χ1) is 11.4. The van der Waals surface area contributed by atoms with E-state index in [2.05, 4.69) is 14.9 Å². The minimum absolute atomic E-state index is 0.0188. The second-order valence-corrected chi connectivity index (χ2v) is 4.62. The minimum atomic E-state index is -1.32. The molecule has 0 atom stereocenters. The first kappa shape index (κ1) is 17.0. The van der Waals surface area contributed by atoms with Crippen LogP contribution in [0.1, 0.15) is 37.0 Å². The number of hydrogen-bond acceptors (Lipinski definition) is 7. The average molecular weight is 334 g/mol. The molecule has 1 aliphatic carbocycles. The van der Waals surface area contributed by atoms with Crippen LogP contribution in [0, 0.1) is 0 Å². The second-order valence-electron chi connectivity index (χ2n) is 4.62. The molecular formula is C14H10N2O8. The Kier molecular flexibility index (Phi) is 4.53. The molecule has 24 heavy (non-hydrogen) atoms. The Morgan fingerprint density at radius 2 is 1.75 bits per heavy atom. The highest BCUT2D eigenvalue weighted by Crippen LogP contribution is 2.30. The van der Waals surface area contributed by atoms with E-state index in [1.165, 1.54) is 0 Å². The molecule has 0 aliphatic heterocycles. The van der Waals surface area contributed by atoms with Gasteiger partial charge in [-0.2, -0.15) is 0 Å². The molecule has 0 amide bonds. The molecule has 0 radical (unpaired) electrons. The smallest absolute Gasteiger partial charge is 0.352 e. The van der Waals surface area contributed by atoms with E-state index in [0.29, 0.717) is 0 Å². The average Bonchev–Trinajstić information content (AvgIpc) is 3.00. The van der Waals surface area contributed by atoms with Crippen LogP contribution in [0.3, 0.4) is 0 Å². The van der Waals surface area contributed by atoms with E-state index in [9.17, 15) is 19.2 Å². The molecule has 3 rings (SSSR count). The van der Waals surface area contributed by atoms with E-state index in [-0.39, 0.29) is 40.5 Å². The fraction of sp³-hybridized carbons (Fsp3) is 0.0714. The Bertz CT molecular complexity index is 908. The fourth-order valence-corrected chi connectivity index (χ4v) is 2.36. The van der Waals surface area contributed by atoms with Gasteiger partial charge >= 0.3 is 5.97 Å². The van der Waals surface area contributed by atoms with Gasteiger partial charge in [-0.25, -0.2) is 9.68 Å². The van der Waals surface area contributed by atoms with Gasteiger partial charge in [0.05, 0.1) is 16.8 Å². The molecule has 10 nitrogen and oxygen atoms in total. The van der Waals surface area contributed by atoms with Crippen molar-refractivity contribution in [2.45, 2.75) is 6.61 Å². The summed E-state index contributed by atoms with van der Waals surface area (Å²) in [6, 6.07) is 2.11. The monoisotopic (exact) mass is 334 g/mol. The van der Waals surface area contributed by atoms with Crippen LogP contribution < -0.4 is 5.43 Å². The Balaban J connectivity index is 0.00000100. The zero-order chi connectivity index (χ0) is 18.0. The number of aromatic nitrogens is 2. The fourth-order valence-electron chi connectivity index (χ4n) is 2.36. The maximum atomic E-state index is 12.2. The third-order valence-corrected chi connectivity index (χ3v) is 3.28. The third kappa shape index (κ3) is 2.55. The van der Waals surface area contributed by atoms with Gasteiger partial charge in [-0.05, 0) is 6.07 Å². The van der Waals surface area contributed by atoms with Gasteiger partial charge in [0.15, 0.2) is 5.43 Å². The van der Waals surface area contributed by atoms with Crippen molar-refractivity contribution in [3.63, 3.8) is 0 Å². The number of hydrogen-bond donors (Lipinski definition) is 4. The van der Waals surface area contributed by atoms with Crippen molar-refractivity contribution in [2.24, 2.45) is 0 Å². The SMILES string of the molecule is C=O.O=C(O)c1cc2c([nH]1)-c1c([nH]c(COO)cc1=O)C(=O)C2=O. The highest BCUT2D eigenvalue weighted by Gasteiger charge is 2.35. The summed E-state index contributed by atoms with van der Waals surface area (Å²) in [5.41, 5.74) is -1.38. The summed E-state index contributed by atoms with van der Waals surface area (Å²) in [5.74, 6) is -3.21. The number of H-pyrrole nitrogens is 2. The Hall–Kier alpha value is -3.37. The summed E-state index contributed by atoms with van der Waals surface area (Å²) in [4.78, 5) is 64.2. The molecule has 1 aliphatic rings. The number of aromatic amines is 2. The number of ketones is 2. The lowest BCUT2D eigenvalue weighted by Gasteiger charge is -2.14. The summed E-state index contributed by atoms with van der Waals surface area (Å²) in [5, 5.41) is 17.4. The largest absolute Gasteiger partial charge is 0.477 e. The van der Waals surface area contributed by atoms with Gasteiger partial charge in [0.2, 0.25) is 5.78 Å². The maximum Gasteiger partial charge on any atom is 0.352 e. The van der Waals surface area contributed by atoms with Gasteiger partial charge in [0, 0.05) is 11.8 Å². The number of carbonyl (C=O) groups is 4. The van der Waals surface area contributed by atoms with Crippen LogP contribution in [0.5, 0.6) is 0 Å². The van der Waals surface area contributed by atoms with Crippen molar-refractivity contribution >= 4 is 24.3 Å². The molecule has 0 fully saturated rings. The molecule has 2 aromatic rings. The highest BCUT2D eigenvalue weighted by molar-refractivity contribution is 6.52. The lowest BCUT2D eigenvalue weighted by Crippen LogP contribution is -2.27. The zero-order valence-corrected chi connectivity index (χ0v) is 11.9. The molecule has 124 valence electrons. The van der Waals surface area contributed by atoms with Crippen LogP contribution in [0.25, 0.3) is 11.3 Å². The number of fused-ring (bicyclic) bond motifs is 3. The number of nitrogens with one attached hydrogen (secondary N) is 2. The van der Waals surface area contributed by atoms with Crippen LogP contribution in [0.15, 0.2) is 16.9 Å². The molecule has 0 saturated heterocycles. The van der Waals surface area contributed by atoms with Crippen molar-refractivity contribution in [1.82, 2.24) is 9.97 Å². The first-order valence-electron chi connectivity index (χ1n) is 6.31. The van der Waals surface area contributed by atoms with E-state index >= 15 is 0 Å². The quantitative estimate of drug-likeness (QED) is 0.352. The van der Waals surface area contributed by atoms with Crippen molar-refractivity contribution in [1.29, 1.82) is 0 Å². The van der Waals surface area contributed by atoms with E-state index in [0.717, 1.165) is 12.1 Å². The number of Topliss-reactive ketones (excluding diaryl/α,β-unsaturated/α-hetero) is 2. The summed E-state index contributed by atoms with van der Waals surface area (Å²) in [6.07, 6.45) is 0. The number of pyridine rings is 1. The predicted octanol–water partition coefficient (Wildman–Crippen LogP) is 0.252. The van der Waals surface area contributed by atoms with Gasteiger partial charge in [0.1, 0.15) is 24.8 Å². The summed E-state index contributed by atoms with van der Waals surface area (Å²) in [7, 11) is 0. The zero-order valence-electron chi connectivity index (χ0n) is 11.9. The third-order valence-electron chi connectivity index (χ3n) is 3.28. The van der Waals surface area contributed by atoms with Crippen LogP contribution in [-0.4, -0.2) is 44.7 Å². The molecule has 0 spiro atoms. The van der Waals surface area contributed by atoms with Gasteiger partial charge in [-0.15, -0.1) is 0 Å². The normalized spacial score (nSPS) is 12.0. The standard InChI is InChI=1S/C13H8N2O7.CH2O/c16-7-1-4(3-22-21)14-10-8(7)9-5(11(17)12(10)18)2-6(15-9)13(19)20;1-2/h1-2,15,21H,3H2,(H,14,16)(H,19,20);1H2. The van der Waals surface area contributed by atoms with Crippen molar-refractivity contribution < 1.29 is 34.4 Å². The molecule has 0 aromatic carbocycles. The first-order valence-corrected chi connectivity index (χ1v) is 6.31. The number of carboxylic acids is 1. The minimum Gasteiger partial charge on any atom is -0.477 e. The number of carbonyl (C=O) groups excluding carboxylic acids is 3. The van der Waals surface area contributed by atoms with Crippen LogP contribution >= 0.6 is 0 Å². The van der Waals surface area contributed by atoms with Gasteiger partial charge in [0.25, 0.3) is 5.78 Å². The number of carboxylic acid groups (broad SMARTS) is 1. The molecule has 10 heteroatoms. The molecule has 4 N–H and O–H groups in total. The van der Waals surface area contributed by atoms with Crippen LogP contribution in [0.2, 0.25) is 0 Å². The number of rotatable bonds is 3. The maximum absolute atomic E-state index is 12.2. The van der Waals surface area contributed by atoms with Crippen molar-refractivity contribution in [3.05, 3.63) is 45.0 Å². The molecule has 0 bridgehead atoms.